The van der Waals surface area contributed by atoms with E-state index >= 15 is 0 Å². The minimum Gasteiger partial charge on any atom is -0.376 e. The standard InChI is InChI=1S/C21H35ClN2O/c1-21(2)16-19(10-14-25-21)17(9-11-23-12-13-24(3)4)15-18-7-5-6-8-20(18)22/h5-8,17,19,23H,9-16H2,1-4H3/t17-,19-/m1/s1. The van der Waals surface area contributed by atoms with Gasteiger partial charge in [0.1, 0.15) is 0 Å². The molecule has 0 aliphatic carbocycles. The Balaban J connectivity index is 1.97. The van der Waals surface area contributed by atoms with Crippen molar-refractivity contribution >= 4 is 11.6 Å². The van der Waals surface area contributed by atoms with Gasteiger partial charge in [0.25, 0.3) is 0 Å². The smallest absolute Gasteiger partial charge is 0.0629 e. The van der Waals surface area contributed by atoms with E-state index < -0.39 is 0 Å². The van der Waals surface area contributed by atoms with Crippen LogP contribution in [0, 0.1) is 11.8 Å². The van der Waals surface area contributed by atoms with Gasteiger partial charge in [-0.25, -0.2) is 0 Å². The van der Waals surface area contributed by atoms with Crippen LogP contribution < -0.4 is 5.32 Å². The van der Waals surface area contributed by atoms with Gasteiger partial charge in [-0.05, 0) is 83.6 Å². The lowest BCUT2D eigenvalue weighted by Gasteiger charge is -2.39. The second kappa shape index (κ2) is 9.91. The second-order valence-electron chi connectivity index (χ2n) is 8.26. The van der Waals surface area contributed by atoms with Crippen LogP contribution >= 0.6 is 11.6 Å². The number of benzene rings is 1. The molecule has 1 aromatic rings. The molecule has 25 heavy (non-hydrogen) atoms. The van der Waals surface area contributed by atoms with Gasteiger partial charge >= 0.3 is 0 Å². The van der Waals surface area contributed by atoms with Crippen molar-refractivity contribution in [2.24, 2.45) is 11.8 Å². The van der Waals surface area contributed by atoms with E-state index in [0.717, 1.165) is 50.5 Å². The van der Waals surface area contributed by atoms with Gasteiger partial charge in [-0.15, -0.1) is 0 Å². The molecule has 142 valence electrons. The SMILES string of the molecule is CN(C)CCNCC[C@H](Cc1ccccc1Cl)[C@@H]1CCOC(C)(C)C1. The van der Waals surface area contributed by atoms with Crippen LogP contribution in [0.3, 0.4) is 0 Å². The van der Waals surface area contributed by atoms with Crippen molar-refractivity contribution in [3.63, 3.8) is 0 Å². The van der Waals surface area contributed by atoms with Crippen LogP contribution in [0.25, 0.3) is 0 Å². The van der Waals surface area contributed by atoms with Crippen molar-refractivity contribution in [3.05, 3.63) is 34.9 Å². The number of nitrogens with one attached hydrogen (secondary N) is 1. The molecule has 0 radical (unpaired) electrons. The summed E-state index contributed by atoms with van der Waals surface area (Å²) in [5.74, 6) is 1.35. The molecule has 1 heterocycles. The van der Waals surface area contributed by atoms with E-state index in [0.29, 0.717) is 11.8 Å². The van der Waals surface area contributed by atoms with E-state index in [1.54, 1.807) is 0 Å². The maximum atomic E-state index is 6.44. The highest BCUT2D eigenvalue weighted by molar-refractivity contribution is 6.31. The van der Waals surface area contributed by atoms with E-state index in [2.05, 4.69) is 50.3 Å². The van der Waals surface area contributed by atoms with Gasteiger partial charge in [0.15, 0.2) is 0 Å². The van der Waals surface area contributed by atoms with Gasteiger partial charge in [-0.3, -0.25) is 0 Å². The summed E-state index contributed by atoms with van der Waals surface area (Å²) in [7, 11) is 4.23. The lowest BCUT2D eigenvalue weighted by Crippen LogP contribution is -2.38. The van der Waals surface area contributed by atoms with Gasteiger partial charge in [0.2, 0.25) is 0 Å². The van der Waals surface area contributed by atoms with Gasteiger partial charge in [-0.2, -0.15) is 0 Å². The predicted molar refractivity (Wildman–Crippen MR) is 107 cm³/mol. The first-order chi connectivity index (χ1) is 11.9. The summed E-state index contributed by atoms with van der Waals surface area (Å²) < 4.78 is 5.94. The van der Waals surface area contributed by atoms with Crippen LogP contribution in [0.15, 0.2) is 24.3 Å². The molecule has 1 fully saturated rings. The fourth-order valence-corrected chi connectivity index (χ4v) is 4.06. The van der Waals surface area contributed by atoms with Gasteiger partial charge in [-0.1, -0.05) is 29.8 Å². The first-order valence-electron chi connectivity index (χ1n) is 9.60. The zero-order chi connectivity index (χ0) is 18.3. The van der Waals surface area contributed by atoms with E-state index in [4.69, 9.17) is 16.3 Å². The van der Waals surface area contributed by atoms with E-state index in [1.165, 1.54) is 12.0 Å². The molecule has 2 atom stereocenters. The van der Waals surface area contributed by atoms with Crippen LogP contribution in [-0.2, 0) is 11.2 Å². The number of likely N-dealkylation sites (N-methyl/N-ethyl adjacent to an activating group) is 1. The average Bonchev–Trinajstić information content (AvgIpc) is 2.54. The van der Waals surface area contributed by atoms with Crippen molar-refractivity contribution < 1.29 is 4.74 Å². The maximum absolute atomic E-state index is 6.44. The Morgan fingerprint density at radius 2 is 2.04 bits per heavy atom. The molecule has 3 nitrogen and oxygen atoms in total. The molecule has 1 N–H and O–H groups in total. The molecular weight excluding hydrogens is 332 g/mol. The Hall–Kier alpha value is -0.610. The summed E-state index contributed by atoms with van der Waals surface area (Å²) in [6.45, 7) is 8.53. The molecule has 1 saturated heterocycles. The van der Waals surface area contributed by atoms with Crippen LogP contribution in [0.1, 0.15) is 38.7 Å². The molecule has 0 saturated carbocycles. The first kappa shape index (κ1) is 20.7. The fourth-order valence-electron chi connectivity index (χ4n) is 3.85. The summed E-state index contributed by atoms with van der Waals surface area (Å²) in [5, 5.41) is 4.50. The highest BCUT2D eigenvalue weighted by Gasteiger charge is 2.33. The molecule has 2 rings (SSSR count). The van der Waals surface area contributed by atoms with Gasteiger partial charge in [0, 0.05) is 24.7 Å². The molecule has 0 unspecified atom stereocenters. The monoisotopic (exact) mass is 366 g/mol. The predicted octanol–water partition coefficient (Wildman–Crippen LogP) is 4.25. The molecule has 1 aliphatic heterocycles. The Bertz CT molecular complexity index is 518. The highest BCUT2D eigenvalue weighted by Crippen LogP contribution is 2.37. The Kier molecular flexibility index (Phi) is 8.21. The normalized spacial score (nSPS) is 21.4. The average molecular weight is 367 g/mol. The third kappa shape index (κ3) is 7.26. The molecule has 0 spiro atoms. The summed E-state index contributed by atoms with van der Waals surface area (Å²) in [6, 6.07) is 8.30. The molecule has 0 aromatic heterocycles. The molecule has 0 bridgehead atoms. The summed E-state index contributed by atoms with van der Waals surface area (Å²) in [4.78, 5) is 2.22. The molecule has 1 aromatic carbocycles. The topological polar surface area (TPSA) is 24.5 Å². The number of halogens is 1. The van der Waals surface area contributed by atoms with Crippen LogP contribution in [0.4, 0.5) is 0 Å². The maximum Gasteiger partial charge on any atom is 0.0629 e. The van der Waals surface area contributed by atoms with Crippen molar-refractivity contribution in [2.75, 3.05) is 40.3 Å². The molecule has 1 aliphatic rings. The van der Waals surface area contributed by atoms with Crippen LogP contribution in [0.2, 0.25) is 5.02 Å². The lowest BCUT2D eigenvalue weighted by atomic mass is 9.75. The number of nitrogens with zero attached hydrogens (tertiary/aromatic N) is 1. The van der Waals surface area contributed by atoms with Crippen molar-refractivity contribution in [1.29, 1.82) is 0 Å². The largest absolute Gasteiger partial charge is 0.376 e. The second-order valence-corrected chi connectivity index (χ2v) is 8.67. The molecule has 0 amide bonds. The highest BCUT2D eigenvalue weighted by atomic mass is 35.5. The summed E-state index contributed by atoms with van der Waals surface area (Å²) in [5.41, 5.74) is 1.28. The zero-order valence-corrected chi connectivity index (χ0v) is 17.1. The van der Waals surface area contributed by atoms with Crippen molar-refractivity contribution in [1.82, 2.24) is 10.2 Å². The van der Waals surface area contributed by atoms with Crippen molar-refractivity contribution in [3.8, 4) is 0 Å². The Morgan fingerprint density at radius 3 is 2.72 bits per heavy atom. The van der Waals surface area contributed by atoms with Gasteiger partial charge < -0.3 is 15.0 Å². The molecule has 4 heteroatoms. The Morgan fingerprint density at radius 1 is 1.28 bits per heavy atom. The third-order valence-electron chi connectivity index (χ3n) is 5.27. The third-order valence-corrected chi connectivity index (χ3v) is 5.64. The Labute approximate surface area is 159 Å². The van der Waals surface area contributed by atoms with Gasteiger partial charge in [0.05, 0.1) is 5.60 Å². The minimum atomic E-state index is 0.000000399. The van der Waals surface area contributed by atoms with Crippen LogP contribution in [-0.4, -0.2) is 50.8 Å². The number of ether oxygens (including phenoxy) is 1. The fraction of sp³-hybridized carbons (Fsp3) is 0.714. The van der Waals surface area contributed by atoms with Crippen molar-refractivity contribution in [2.45, 2.75) is 45.1 Å². The zero-order valence-electron chi connectivity index (χ0n) is 16.4. The number of hydrogen-bond acceptors (Lipinski definition) is 3. The van der Waals surface area contributed by atoms with E-state index in [9.17, 15) is 0 Å². The number of hydrogen-bond donors (Lipinski definition) is 1. The minimum absolute atomic E-state index is 0.000000399. The summed E-state index contributed by atoms with van der Waals surface area (Å²) >= 11 is 6.44. The van der Waals surface area contributed by atoms with Crippen LogP contribution in [0.5, 0.6) is 0 Å². The van der Waals surface area contributed by atoms with E-state index in [-0.39, 0.29) is 5.60 Å². The van der Waals surface area contributed by atoms with E-state index in [1.807, 2.05) is 12.1 Å². The molecular formula is C21H35ClN2O. The first-order valence-corrected chi connectivity index (χ1v) is 9.98. The lowest BCUT2D eigenvalue weighted by molar-refractivity contribution is -0.0830. The quantitative estimate of drug-likeness (QED) is 0.661. The number of rotatable bonds is 9. The summed E-state index contributed by atoms with van der Waals surface area (Å²) in [6.07, 6.45) is 4.56.